The van der Waals surface area contributed by atoms with E-state index in [2.05, 4.69) is 10.2 Å². The molecular formula is C14H26N4O2. The molecule has 2 aliphatic heterocycles. The molecule has 0 saturated carbocycles. The van der Waals surface area contributed by atoms with Gasteiger partial charge in [0.2, 0.25) is 11.8 Å². The van der Waals surface area contributed by atoms with Crippen LogP contribution < -0.4 is 5.32 Å². The molecule has 1 N–H and O–H groups in total. The lowest BCUT2D eigenvalue weighted by Crippen LogP contribution is -2.47. The molecule has 114 valence electrons. The van der Waals surface area contributed by atoms with E-state index in [-0.39, 0.29) is 11.8 Å². The number of nitrogens with zero attached hydrogens (tertiary/aromatic N) is 3. The molecule has 20 heavy (non-hydrogen) atoms. The van der Waals surface area contributed by atoms with E-state index < -0.39 is 0 Å². The molecular weight excluding hydrogens is 256 g/mol. The Kier molecular flexibility index (Phi) is 5.79. The lowest BCUT2D eigenvalue weighted by molar-refractivity contribution is -0.132. The van der Waals surface area contributed by atoms with Crippen molar-refractivity contribution >= 4 is 11.8 Å². The van der Waals surface area contributed by atoms with Gasteiger partial charge in [0.15, 0.2) is 0 Å². The number of rotatable bonds is 3. The van der Waals surface area contributed by atoms with Crippen LogP contribution in [0.15, 0.2) is 0 Å². The van der Waals surface area contributed by atoms with Crippen LogP contribution >= 0.6 is 0 Å². The fourth-order valence-electron chi connectivity index (χ4n) is 2.84. The minimum atomic E-state index is 0.156. The van der Waals surface area contributed by atoms with E-state index in [1.807, 2.05) is 9.80 Å². The second-order valence-electron chi connectivity index (χ2n) is 5.58. The van der Waals surface area contributed by atoms with Crippen LogP contribution in [0.2, 0.25) is 0 Å². The van der Waals surface area contributed by atoms with Crippen molar-refractivity contribution in [3.05, 3.63) is 0 Å². The van der Waals surface area contributed by atoms with Gasteiger partial charge in [0.05, 0.1) is 0 Å². The smallest absolute Gasteiger partial charge is 0.223 e. The Hall–Kier alpha value is -1.14. The number of carbonyl (C=O) groups is 2. The summed E-state index contributed by atoms with van der Waals surface area (Å²) in [6.45, 7) is 9.42. The van der Waals surface area contributed by atoms with Crippen molar-refractivity contribution in [2.24, 2.45) is 0 Å². The van der Waals surface area contributed by atoms with Gasteiger partial charge in [-0.25, -0.2) is 0 Å². The Labute approximate surface area is 121 Å². The number of hydrogen-bond acceptors (Lipinski definition) is 4. The molecule has 2 saturated heterocycles. The molecule has 6 nitrogen and oxygen atoms in total. The van der Waals surface area contributed by atoms with Crippen molar-refractivity contribution in [3.63, 3.8) is 0 Å². The molecule has 0 radical (unpaired) electrons. The zero-order valence-corrected chi connectivity index (χ0v) is 12.4. The van der Waals surface area contributed by atoms with E-state index >= 15 is 0 Å². The first-order valence-electron chi connectivity index (χ1n) is 7.63. The third-order valence-corrected chi connectivity index (χ3v) is 4.15. The molecule has 0 aromatic heterocycles. The van der Waals surface area contributed by atoms with Crippen LogP contribution in [0, 0.1) is 0 Å². The van der Waals surface area contributed by atoms with Gasteiger partial charge in [0.25, 0.3) is 0 Å². The maximum Gasteiger partial charge on any atom is 0.223 e. The molecule has 2 aliphatic rings. The monoisotopic (exact) mass is 282 g/mol. The van der Waals surface area contributed by atoms with Crippen molar-refractivity contribution in [1.82, 2.24) is 20.0 Å². The van der Waals surface area contributed by atoms with E-state index in [4.69, 9.17) is 0 Å². The molecule has 6 heteroatoms. The van der Waals surface area contributed by atoms with Crippen LogP contribution in [0.25, 0.3) is 0 Å². The SMILES string of the molecule is CC(=O)N1CCCN(CCC(=O)N2CCNCC2)CC1. The lowest BCUT2D eigenvalue weighted by Gasteiger charge is -2.28. The molecule has 2 fully saturated rings. The molecule has 2 amide bonds. The van der Waals surface area contributed by atoms with Gasteiger partial charge in [-0.2, -0.15) is 0 Å². The van der Waals surface area contributed by atoms with Gasteiger partial charge in [-0.1, -0.05) is 0 Å². The Morgan fingerprint density at radius 3 is 2.40 bits per heavy atom. The molecule has 0 aromatic rings. The largest absolute Gasteiger partial charge is 0.342 e. The average molecular weight is 282 g/mol. The van der Waals surface area contributed by atoms with Crippen molar-refractivity contribution in [3.8, 4) is 0 Å². The predicted molar refractivity (Wildman–Crippen MR) is 77.4 cm³/mol. The van der Waals surface area contributed by atoms with E-state index in [1.165, 1.54) is 0 Å². The maximum absolute atomic E-state index is 12.1. The summed E-state index contributed by atoms with van der Waals surface area (Å²) in [7, 11) is 0. The molecule has 0 unspecified atom stereocenters. The third-order valence-electron chi connectivity index (χ3n) is 4.15. The number of amides is 2. The molecule has 2 heterocycles. The molecule has 0 aromatic carbocycles. The maximum atomic E-state index is 12.1. The highest BCUT2D eigenvalue weighted by atomic mass is 16.2. The number of nitrogens with one attached hydrogen (secondary N) is 1. The van der Waals surface area contributed by atoms with Crippen LogP contribution in [0.3, 0.4) is 0 Å². The average Bonchev–Trinajstić information content (AvgIpc) is 2.71. The van der Waals surface area contributed by atoms with Crippen molar-refractivity contribution in [2.75, 3.05) is 58.9 Å². The van der Waals surface area contributed by atoms with Gasteiger partial charge in [0, 0.05) is 65.7 Å². The minimum absolute atomic E-state index is 0.156. The van der Waals surface area contributed by atoms with Gasteiger partial charge in [-0.05, 0) is 13.0 Å². The number of hydrogen-bond donors (Lipinski definition) is 1. The Balaban J connectivity index is 1.70. The molecule has 0 atom stereocenters. The second-order valence-corrected chi connectivity index (χ2v) is 5.58. The third kappa shape index (κ3) is 4.45. The fourth-order valence-corrected chi connectivity index (χ4v) is 2.84. The molecule has 2 rings (SSSR count). The van der Waals surface area contributed by atoms with E-state index in [1.54, 1.807) is 6.92 Å². The standard InChI is InChI=1S/C14H26N4O2/c1-13(19)17-7-2-6-16(11-12-17)8-3-14(20)18-9-4-15-5-10-18/h15H,2-12H2,1H3. The van der Waals surface area contributed by atoms with Crippen molar-refractivity contribution in [1.29, 1.82) is 0 Å². The number of carbonyl (C=O) groups excluding carboxylic acids is 2. The van der Waals surface area contributed by atoms with E-state index in [0.29, 0.717) is 6.42 Å². The minimum Gasteiger partial charge on any atom is -0.342 e. The number of piperazine rings is 1. The molecule has 0 aliphatic carbocycles. The molecule has 0 spiro atoms. The summed E-state index contributed by atoms with van der Waals surface area (Å²) in [6, 6.07) is 0. The summed E-state index contributed by atoms with van der Waals surface area (Å²) >= 11 is 0. The molecule has 0 bridgehead atoms. The quantitative estimate of drug-likeness (QED) is 0.748. The van der Waals surface area contributed by atoms with Gasteiger partial charge >= 0.3 is 0 Å². The highest BCUT2D eigenvalue weighted by Crippen LogP contribution is 2.05. The van der Waals surface area contributed by atoms with Gasteiger partial charge < -0.3 is 20.0 Å². The Morgan fingerprint density at radius 2 is 1.70 bits per heavy atom. The first-order chi connectivity index (χ1) is 9.66. The summed E-state index contributed by atoms with van der Waals surface area (Å²) in [5.74, 6) is 0.419. The van der Waals surface area contributed by atoms with Crippen LogP contribution in [0.4, 0.5) is 0 Å². The topological polar surface area (TPSA) is 55.9 Å². The summed E-state index contributed by atoms with van der Waals surface area (Å²) in [5.41, 5.74) is 0. The summed E-state index contributed by atoms with van der Waals surface area (Å²) < 4.78 is 0. The summed E-state index contributed by atoms with van der Waals surface area (Å²) in [5, 5.41) is 3.26. The predicted octanol–water partition coefficient (Wildman–Crippen LogP) is -0.637. The lowest BCUT2D eigenvalue weighted by atomic mass is 10.3. The fraction of sp³-hybridized carbons (Fsp3) is 0.857. The van der Waals surface area contributed by atoms with Crippen LogP contribution in [0.5, 0.6) is 0 Å². The van der Waals surface area contributed by atoms with Gasteiger partial charge in [-0.3, -0.25) is 9.59 Å². The first-order valence-corrected chi connectivity index (χ1v) is 7.63. The van der Waals surface area contributed by atoms with Crippen molar-refractivity contribution < 1.29 is 9.59 Å². The van der Waals surface area contributed by atoms with E-state index in [0.717, 1.165) is 65.3 Å². The summed E-state index contributed by atoms with van der Waals surface area (Å²) in [4.78, 5) is 29.6. The zero-order chi connectivity index (χ0) is 14.4. The highest BCUT2D eigenvalue weighted by molar-refractivity contribution is 5.76. The van der Waals surface area contributed by atoms with Crippen LogP contribution in [0.1, 0.15) is 19.8 Å². The van der Waals surface area contributed by atoms with Crippen LogP contribution in [-0.2, 0) is 9.59 Å². The Morgan fingerprint density at radius 1 is 0.950 bits per heavy atom. The second kappa shape index (κ2) is 7.59. The van der Waals surface area contributed by atoms with Gasteiger partial charge in [-0.15, -0.1) is 0 Å². The Bertz CT molecular complexity index is 342. The van der Waals surface area contributed by atoms with E-state index in [9.17, 15) is 9.59 Å². The normalized spacial score (nSPS) is 21.6. The van der Waals surface area contributed by atoms with Crippen LogP contribution in [-0.4, -0.2) is 85.4 Å². The van der Waals surface area contributed by atoms with Gasteiger partial charge in [0.1, 0.15) is 0 Å². The van der Waals surface area contributed by atoms with Crippen molar-refractivity contribution in [2.45, 2.75) is 19.8 Å². The highest BCUT2D eigenvalue weighted by Gasteiger charge is 2.19. The first kappa shape index (κ1) is 15.3. The zero-order valence-electron chi connectivity index (χ0n) is 12.4. The summed E-state index contributed by atoms with van der Waals surface area (Å²) in [6.07, 6.45) is 1.60.